The molecule has 4 aliphatic rings. The number of hydrogen-bond acceptors (Lipinski definition) is 15. The van der Waals surface area contributed by atoms with E-state index in [0.717, 1.165) is 13.8 Å². The molecule has 2 bridgehead atoms. The monoisotopic (exact) mass is 810 g/mol. The fourth-order valence-corrected chi connectivity index (χ4v) is 9.49. The molecule has 1 aromatic carbocycles. The number of ether oxygens (including phenoxy) is 5. The number of urea groups is 1. The van der Waals surface area contributed by atoms with E-state index in [2.05, 4.69) is 10.6 Å². The Balaban J connectivity index is 1.55. The van der Waals surface area contributed by atoms with Crippen LogP contribution >= 0.6 is 0 Å². The third-order valence-electron chi connectivity index (χ3n) is 12.5. The topological polar surface area (TPSA) is 246 Å². The minimum absolute atomic E-state index is 0.0101. The van der Waals surface area contributed by atoms with Gasteiger partial charge in [-0.15, -0.1) is 0 Å². The lowest BCUT2D eigenvalue weighted by Crippen LogP contribution is -2.82. The predicted molar refractivity (Wildman–Crippen MR) is 198 cm³/mol. The summed E-state index contributed by atoms with van der Waals surface area (Å²) in [7, 11) is 0. The number of furan rings is 1. The molecular formula is C41H50N2O15. The molecule has 2 aromatic rings. The van der Waals surface area contributed by atoms with Gasteiger partial charge in [0.15, 0.2) is 23.6 Å². The van der Waals surface area contributed by atoms with Crippen molar-refractivity contribution in [2.75, 3.05) is 13.2 Å². The number of ketones is 1. The molecule has 17 nitrogen and oxygen atoms in total. The standard InChI is InChI=1S/C41H50N2O15/c1-8-42-37(51)43-29(24-15-12-16-53-24)30(47)36(50)56-25-18-41(52)34(57-35(49)23-13-10-9-11-14-23)32-39(7,26(46)17-27-40(32,19-54-27)58-22(4)45)33(48)31(55-21(3)44)28(20(25)2)38(41,5)6/h9-16,25-27,29-32,34,46-47,52H,8,17-19H2,1-7H3,(H2,42,43,51)/t25?,26?,27?,29?,30?,31?,32?,34?,39-,40+,41?/m1/s1. The Morgan fingerprint density at radius 2 is 1.67 bits per heavy atom. The molecule has 11 atom stereocenters. The maximum absolute atomic E-state index is 15.4. The zero-order chi connectivity index (χ0) is 42.5. The molecule has 1 saturated heterocycles. The third-order valence-corrected chi connectivity index (χ3v) is 12.5. The molecule has 2 saturated carbocycles. The quantitative estimate of drug-likeness (QED) is 0.131. The van der Waals surface area contributed by atoms with E-state index in [-0.39, 0.29) is 42.0 Å². The minimum Gasteiger partial charge on any atom is -0.467 e. The van der Waals surface area contributed by atoms with E-state index in [1.807, 2.05) is 0 Å². The Morgan fingerprint density at radius 3 is 2.24 bits per heavy atom. The number of aliphatic hydroxyl groups excluding tert-OH is 2. The third kappa shape index (κ3) is 6.86. The first-order valence-electron chi connectivity index (χ1n) is 19.1. The molecule has 1 aliphatic heterocycles. The number of rotatable bonds is 10. The van der Waals surface area contributed by atoms with Crippen molar-refractivity contribution in [3.05, 3.63) is 71.2 Å². The van der Waals surface area contributed by atoms with Gasteiger partial charge in [0.25, 0.3) is 0 Å². The number of esters is 4. The van der Waals surface area contributed by atoms with E-state index in [0.29, 0.717) is 0 Å². The molecule has 6 rings (SSSR count). The average Bonchev–Trinajstić information content (AvgIpc) is 3.70. The number of fused-ring (bicyclic) bond motifs is 5. The van der Waals surface area contributed by atoms with E-state index < -0.39 is 113 Å². The first-order valence-corrected chi connectivity index (χ1v) is 19.1. The molecule has 3 aliphatic carbocycles. The van der Waals surface area contributed by atoms with Crippen molar-refractivity contribution in [3.63, 3.8) is 0 Å². The Labute approximate surface area is 334 Å². The van der Waals surface area contributed by atoms with Crippen molar-refractivity contribution in [2.24, 2.45) is 16.7 Å². The lowest BCUT2D eigenvalue weighted by molar-refractivity contribution is -0.346. The Hall–Kier alpha value is -5.10. The largest absolute Gasteiger partial charge is 0.467 e. The molecule has 314 valence electrons. The van der Waals surface area contributed by atoms with E-state index >= 15 is 4.79 Å². The van der Waals surface area contributed by atoms with Crippen LogP contribution in [0.4, 0.5) is 4.79 Å². The molecule has 58 heavy (non-hydrogen) atoms. The van der Waals surface area contributed by atoms with E-state index in [1.165, 1.54) is 44.4 Å². The molecule has 2 heterocycles. The highest BCUT2D eigenvalue weighted by atomic mass is 16.6. The second kappa shape index (κ2) is 15.6. The van der Waals surface area contributed by atoms with Crippen LogP contribution in [-0.2, 0) is 42.9 Å². The van der Waals surface area contributed by atoms with Gasteiger partial charge in [0.2, 0.25) is 0 Å². The van der Waals surface area contributed by atoms with Gasteiger partial charge in [-0.2, -0.15) is 0 Å². The van der Waals surface area contributed by atoms with Crippen LogP contribution < -0.4 is 10.6 Å². The minimum atomic E-state index is -2.39. The maximum atomic E-state index is 15.4. The van der Waals surface area contributed by atoms with Crippen LogP contribution in [0, 0.1) is 16.7 Å². The van der Waals surface area contributed by atoms with E-state index in [9.17, 15) is 39.3 Å². The van der Waals surface area contributed by atoms with E-state index in [1.54, 1.807) is 39.0 Å². The van der Waals surface area contributed by atoms with Gasteiger partial charge in [-0.25, -0.2) is 14.4 Å². The van der Waals surface area contributed by atoms with Crippen molar-refractivity contribution in [1.82, 2.24) is 10.6 Å². The number of aliphatic hydroxyl groups is 3. The van der Waals surface area contributed by atoms with Crippen LogP contribution in [-0.4, -0.2) is 112 Å². The van der Waals surface area contributed by atoms with Crippen molar-refractivity contribution in [1.29, 1.82) is 0 Å². The van der Waals surface area contributed by atoms with Crippen LogP contribution in [0.3, 0.4) is 0 Å². The summed E-state index contributed by atoms with van der Waals surface area (Å²) >= 11 is 0. The highest BCUT2D eigenvalue weighted by Gasteiger charge is 2.78. The first-order chi connectivity index (χ1) is 27.2. The molecule has 3 fully saturated rings. The SMILES string of the molecule is CCNC(=O)NC(c1ccco1)C(O)C(=O)OC1CC2(O)C(OC(=O)c3ccccc3)C3[C@]4(OC(C)=O)COC4CC(O)[C@@]3(C)C(=O)C(OC(C)=O)C(=C1C)C2(C)C. The Morgan fingerprint density at radius 1 is 0.983 bits per heavy atom. The lowest BCUT2D eigenvalue weighted by Gasteiger charge is -2.67. The fraction of sp³-hybridized carbons (Fsp3) is 0.561. The molecule has 17 heteroatoms. The lowest BCUT2D eigenvalue weighted by atomic mass is 9.44. The van der Waals surface area contributed by atoms with Gasteiger partial charge in [-0.05, 0) is 56.2 Å². The summed E-state index contributed by atoms with van der Waals surface area (Å²) in [5.74, 6) is -6.31. The summed E-state index contributed by atoms with van der Waals surface area (Å²) in [5.41, 5.74) is -7.67. The van der Waals surface area contributed by atoms with Crippen LogP contribution in [0.15, 0.2) is 64.3 Å². The molecular weight excluding hydrogens is 760 g/mol. The second-order valence-corrected chi connectivity index (χ2v) is 16.1. The van der Waals surface area contributed by atoms with Crippen molar-refractivity contribution >= 4 is 35.7 Å². The summed E-state index contributed by atoms with van der Waals surface area (Å²) in [6.07, 6.45) is -9.31. The van der Waals surface area contributed by atoms with Gasteiger partial charge in [0, 0.05) is 38.6 Å². The second-order valence-electron chi connectivity index (χ2n) is 16.1. The normalized spacial score (nSPS) is 33.3. The summed E-state index contributed by atoms with van der Waals surface area (Å²) in [6.45, 7) is 9.78. The van der Waals surface area contributed by atoms with Crippen LogP contribution in [0.1, 0.15) is 83.5 Å². The molecule has 1 aromatic heterocycles. The zero-order valence-electron chi connectivity index (χ0n) is 33.3. The maximum Gasteiger partial charge on any atom is 0.338 e. The summed E-state index contributed by atoms with van der Waals surface area (Å²) in [6, 6.07) is 8.54. The number of amides is 2. The molecule has 2 amide bonds. The van der Waals surface area contributed by atoms with Crippen molar-refractivity contribution in [3.8, 4) is 0 Å². The van der Waals surface area contributed by atoms with Gasteiger partial charge < -0.3 is 54.1 Å². The zero-order valence-corrected chi connectivity index (χ0v) is 33.3. The number of benzene rings is 1. The summed E-state index contributed by atoms with van der Waals surface area (Å²) in [4.78, 5) is 81.9. The number of nitrogens with one attached hydrogen (secondary N) is 2. The number of carbonyl (C=O) groups is 6. The van der Waals surface area contributed by atoms with Crippen LogP contribution in [0.2, 0.25) is 0 Å². The van der Waals surface area contributed by atoms with Crippen LogP contribution in [0.5, 0.6) is 0 Å². The average molecular weight is 811 g/mol. The Kier molecular flexibility index (Phi) is 11.4. The van der Waals surface area contributed by atoms with Gasteiger partial charge in [0.1, 0.15) is 35.7 Å². The highest BCUT2D eigenvalue weighted by molar-refractivity contribution is 5.95. The number of Topliss-reactive ketones (excluding diaryl/α,β-unsaturated/α-hetero) is 1. The van der Waals surface area contributed by atoms with Crippen LogP contribution in [0.25, 0.3) is 0 Å². The molecule has 9 unspecified atom stereocenters. The highest BCUT2D eigenvalue weighted by Crippen LogP contribution is 2.64. The number of carbonyl (C=O) groups excluding carboxylic acids is 6. The van der Waals surface area contributed by atoms with Gasteiger partial charge >= 0.3 is 29.9 Å². The summed E-state index contributed by atoms with van der Waals surface area (Å²) < 4.78 is 35.4. The molecule has 5 N–H and O–H groups in total. The fourth-order valence-electron chi connectivity index (χ4n) is 9.49. The van der Waals surface area contributed by atoms with Gasteiger partial charge in [0.05, 0.1) is 35.9 Å². The van der Waals surface area contributed by atoms with Gasteiger partial charge in [-0.1, -0.05) is 32.0 Å². The number of hydrogen-bond donors (Lipinski definition) is 5. The molecule has 0 spiro atoms. The Bertz CT molecular complexity index is 1980. The van der Waals surface area contributed by atoms with Gasteiger partial charge in [-0.3, -0.25) is 14.4 Å². The van der Waals surface area contributed by atoms with E-state index in [4.69, 9.17) is 28.1 Å². The van der Waals surface area contributed by atoms with Crippen molar-refractivity contribution < 1.29 is 72.2 Å². The predicted octanol–water partition coefficient (Wildman–Crippen LogP) is 2.22. The first kappa shape index (κ1) is 42.5. The smallest absolute Gasteiger partial charge is 0.338 e. The van der Waals surface area contributed by atoms with Crippen molar-refractivity contribution in [2.45, 2.75) is 115 Å². The molecule has 0 radical (unpaired) electrons. The summed E-state index contributed by atoms with van der Waals surface area (Å²) in [5, 5.41) is 42.0.